The van der Waals surface area contributed by atoms with E-state index in [2.05, 4.69) is 4.98 Å². The zero-order valence-corrected chi connectivity index (χ0v) is 16.2. The zero-order valence-electron chi connectivity index (χ0n) is 16.2. The molecule has 7 nitrogen and oxygen atoms in total. The van der Waals surface area contributed by atoms with E-state index >= 15 is 0 Å². The van der Waals surface area contributed by atoms with E-state index in [9.17, 15) is 14.7 Å². The van der Waals surface area contributed by atoms with Crippen LogP contribution in [0.2, 0.25) is 0 Å². The molecule has 0 saturated heterocycles. The molecule has 3 aromatic rings. The average Bonchev–Trinajstić information content (AvgIpc) is 2.61. The Morgan fingerprint density at radius 3 is 2.43 bits per heavy atom. The predicted molar refractivity (Wildman–Crippen MR) is 106 cm³/mol. The topological polar surface area (TPSA) is 109 Å². The summed E-state index contributed by atoms with van der Waals surface area (Å²) in [7, 11) is 1.59. The van der Waals surface area contributed by atoms with Gasteiger partial charge in [-0.1, -0.05) is 12.1 Å². The van der Waals surface area contributed by atoms with Crippen molar-refractivity contribution in [1.82, 2.24) is 4.98 Å². The number of nitrogens with one attached hydrogen (secondary N) is 1. The molecule has 7 heteroatoms. The lowest BCUT2D eigenvalue weighted by Gasteiger charge is -2.07. The van der Waals surface area contributed by atoms with Crippen molar-refractivity contribution in [3.63, 3.8) is 0 Å². The Morgan fingerprint density at radius 1 is 1.11 bits per heavy atom. The number of hydrogen-bond acceptors (Lipinski definition) is 6. The third kappa shape index (κ3) is 4.62. The fourth-order valence-electron chi connectivity index (χ4n) is 2.81. The van der Waals surface area contributed by atoms with Gasteiger partial charge in [0.15, 0.2) is 0 Å². The second-order valence-electron chi connectivity index (χ2n) is 6.08. The molecule has 0 radical (unpaired) electrons. The molecule has 0 saturated carbocycles. The Balaban J connectivity index is 0.000000200. The number of aromatic nitrogens is 1. The molecule has 0 spiro atoms. The SMILES string of the molecule is CCOC(=O)c1c(C)cc(O)cc1O.COc1cccc2c(C)cc(=O)[nH]c12. The lowest BCUT2D eigenvalue weighted by atomic mass is 10.1. The summed E-state index contributed by atoms with van der Waals surface area (Å²) in [6, 6.07) is 9.79. The first-order valence-electron chi connectivity index (χ1n) is 8.64. The maximum absolute atomic E-state index is 11.3. The Labute approximate surface area is 162 Å². The number of phenols is 2. The fourth-order valence-corrected chi connectivity index (χ4v) is 2.81. The van der Waals surface area contributed by atoms with Crippen LogP contribution in [0.25, 0.3) is 10.9 Å². The number of aryl methyl sites for hydroxylation is 2. The van der Waals surface area contributed by atoms with Gasteiger partial charge in [0.05, 0.1) is 19.2 Å². The number of phenolic OH excluding ortho intramolecular Hbond substituents is 2. The van der Waals surface area contributed by atoms with Crippen molar-refractivity contribution in [2.75, 3.05) is 13.7 Å². The van der Waals surface area contributed by atoms with Crippen molar-refractivity contribution in [2.24, 2.45) is 0 Å². The average molecular weight is 385 g/mol. The molecule has 3 N–H and O–H groups in total. The minimum Gasteiger partial charge on any atom is -0.508 e. The molecule has 0 amide bonds. The second-order valence-corrected chi connectivity index (χ2v) is 6.08. The number of fused-ring (bicyclic) bond motifs is 1. The number of pyridine rings is 1. The number of H-pyrrole nitrogens is 1. The molecule has 0 aliphatic heterocycles. The number of carbonyl (C=O) groups excluding carboxylic acids is 1. The number of ether oxygens (including phenoxy) is 2. The molecule has 1 heterocycles. The van der Waals surface area contributed by atoms with Gasteiger partial charge in [-0.25, -0.2) is 4.79 Å². The van der Waals surface area contributed by atoms with Gasteiger partial charge in [0.2, 0.25) is 5.56 Å². The predicted octanol–water partition coefficient (Wildman–Crippen LogP) is 3.43. The van der Waals surface area contributed by atoms with Gasteiger partial charge >= 0.3 is 5.97 Å². The van der Waals surface area contributed by atoms with Gasteiger partial charge in [0.25, 0.3) is 0 Å². The van der Waals surface area contributed by atoms with Gasteiger partial charge in [0, 0.05) is 17.5 Å². The van der Waals surface area contributed by atoms with Crippen LogP contribution < -0.4 is 10.3 Å². The van der Waals surface area contributed by atoms with Crippen LogP contribution in [0.1, 0.15) is 28.4 Å². The quantitative estimate of drug-likeness (QED) is 0.596. The zero-order chi connectivity index (χ0) is 20.8. The van der Waals surface area contributed by atoms with Crippen LogP contribution in [-0.4, -0.2) is 34.9 Å². The maximum atomic E-state index is 11.3. The number of esters is 1. The van der Waals surface area contributed by atoms with Crippen molar-refractivity contribution in [1.29, 1.82) is 0 Å². The van der Waals surface area contributed by atoms with Gasteiger partial charge in [-0.2, -0.15) is 0 Å². The molecule has 1 aromatic heterocycles. The largest absolute Gasteiger partial charge is 0.508 e. The van der Waals surface area contributed by atoms with Crippen LogP contribution in [-0.2, 0) is 4.74 Å². The van der Waals surface area contributed by atoms with Crippen LogP contribution in [0.4, 0.5) is 0 Å². The van der Waals surface area contributed by atoms with Crippen molar-refractivity contribution in [2.45, 2.75) is 20.8 Å². The maximum Gasteiger partial charge on any atom is 0.342 e. The van der Waals surface area contributed by atoms with Crippen molar-refractivity contribution in [3.8, 4) is 17.2 Å². The highest BCUT2D eigenvalue weighted by Gasteiger charge is 2.16. The van der Waals surface area contributed by atoms with Gasteiger partial charge in [0.1, 0.15) is 22.8 Å². The highest BCUT2D eigenvalue weighted by atomic mass is 16.5. The molecule has 3 rings (SSSR count). The molecular formula is C21H23NO6. The second kappa shape index (κ2) is 8.94. The molecule has 0 unspecified atom stereocenters. The molecule has 28 heavy (non-hydrogen) atoms. The number of benzene rings is 2. The fraction of sp³-hybridized carbons (Fsp3) is 0.238. The van der Waals surface area contributed by atoms with Gasteiger partial charge in [-0.3, -0.25) is 4.79 Å². The van der Waals surface area contributed by atoms with Crippen LogP contribution in [0.3, 0.4) is 0 Å². The van der Waals surface area contributed by atoms with Crippen molar-refractivity contribution >= 4 is 16.9 Å². The third-order valence-electron chi connectivity index (χ3n) is 4.05. The molecule has 2 aromatic carbocycles. The van der Waals surface area contributed by atoms with E-state index in [-0.39, 0.29) is 29.2 Å². The molecule has 0 aliphatic carbocycles. The summed E-state index contributed by atoms with van der Waals surface area (Å²) < 4.78 is 9.92. The summed E-state index contributed by atoms with van der Waals surface area (Å²) in [6.45, 7) is 5.46. The number of hydrogen-bond donors (Lipinski definition) is 3. The van der Waals surface area contributed by atoms with Gasteiger partial charge < -0.3 is 24.7 Å². The first-order valence-corrected chi connectivity index (χ1v) is 8.64. The smallest absolute Gasteiger partial charge is 0.342 e. The molecule has 0 bridgehead atoms. The highest BCUT2D eigenvalue weighted by molar-refractivity contribution is 5.94. The third-order valence-corrected chi connectivity index (χ3v) is 4.05. The number of aromatic amines is 1. The van der Waals surface area contributed by atoms with Crippen LogP contribution in [0.5, 0.6) is 17.2 Å². The summed E-state index contributed by atoms with van der Waals surface area (Å²) in [5, 5.41) is 19.5. The number of rotatable bonds is 3. The summed E-state index contributed by atoms with van der Waals surface area (Å²) in [5.41, 5.74) is 2.22. The standard InChI is InChI=1S/C11H11NO2.C10H12O4/c1-7-6-10(13)12-11-8(7)4-3-5-9(11)14-2;1-3-14-10(13)9-6(2)4-7(11)5-8(9)12/h3-6H,1-2H3,(H,12,13);4-5,11-12H,3H2,1-2H3. The van der Waals surface area contributed by atoms with E-state index in [1.54, 1.807) is 27.0 Å². The molecule has 0 fully saturated rings. The van der Waals surface area contributed by atoms with Gasteiger partial charge in [-0.05, 0) is 44.0 Å². The molecule has 148 valence electrons. The monoisotopic (exact) mass is 385 g/mol. The molecule has 0 atom stereocenters. The minimum absolute atomic E-state index is 0.0759. The summed E-state index contributed by atoms with van der Waals surface area (Å²) in [6.07, 6.45) is 0. The normalized spacial score (nSPS) is 10.1. The molecular weight excluding hydrogens is 362 g/mol. The van der Waals surface area contributed by atoms with Crippen molar-refractivity contribution < 1.29 is 24.5 Å². The first kappa shape index (κ1) is 20.8. The van der Waals surface area contributed by atoms with E-state index in [1.165, 1.54) is 6.07 Å². The number of methoxy groups -OCH3 is 1. The van der Waals surface area contributed by atoms with Crippen LogP contribution >= 0.6 is 0 Å². The van der Waals surface area contributed by atoms with Gasteiger partial charge in [-0.15, -0.1) is 0 Å². The lowest BCUT2D eigenvalue weighted by molar-refractivity contribution is 0.0522. The highest BCUT2D eigenvalue weighted by Crippen LogP contribution is 2.27. The summed E-state index contributed by atoms with van der Waals surface area (Å²) in [5.74, 6) is -0.222. The number of para-hydroxylation sites is 1. The summed E-state index contributed by atoms with van der Waals surface area (Å²) >= 11 is 0. The van der Waals surface area contributed by atoms with E-state index < -0.39 is 5.97 Å². The van der Waals surface area contributed by atoms with E-state index in [4.69, 9.17) is 14.6 Å². The Morgan fingerprint density at radius 2 is 1.82 bits per heavy atom. The van der Waals surface area contributed by atoms with Crippen molar-refractivity contribution in [3.05, 3.63) is 63.4 Å². The van der Waals surface area contributed by atoms with E-state index in [1.807, 2.05) is 25.1 Å². The number of aromatic hydroxyl groups is 2. The Bertz CT molecular complexity index is 1030. The Kier molecular flexibility index (Phi) is 6.65. The van der Waals surface area contributed by atoms with Crippen LogP contribution in [0.15, 0.2) is 41.2 Å². The summed E-state index contributed by atoms with van der Waals surface area (Å²) in [4.78, 5) is 25.4. The van der Waals surface area contributed by atoms with E-state index in [0.29, 0.717) is 11.3 Å². The number of carbonyl (C=O) groups is 1. The first-order chi connectivity index (χ1) is 13.3. The minimum atomic E-state index is -0.581. The molecule has 0 aliphatic rings. The lowest BCUT2D eigenvalue weighted by Crippen LogP contribution is -2.06. The Hall–Kier alpha value is -3.48. The van der Waals surface area contributed by atoms with Crippen LogP contribution in [0, 0.1) is 13.8 Å². The van der Waals surface area contributed by atoms with E-state index in [0.717, 1.165) is 22.5 Å².